The van der Waals surface area contributed by atoms with Crippen molar-refractivity contribution in [2.45, 2.75) is 40.2 Å². The number of aliphatic imine (C=N–C) groups is 1. The van der Waals surface area contributed by atoms with Crippen molar-refractivity contribution in [1.82, 2.24) is 15.9 Å². The summed E-state index contributed by atoms with van der Waals surface area (Å²) in [6, 6.07) is 0.0166. The zero-order valence-corrected chi connectivity index (χ0v) is 12.7. The average Bonchev–Trinajstić information content (AvgIpc) is 2.76. The number of nitrogens with two attached hydrogens (primary N) is 1. The lowest BCUT2D eigenvalue weighted by molar-refractivity contribution is 0.146. The van der Waals surface area contributed by atoms with Gasteiger partial charge < -0.3 is 14.6 Å². The Balaban J connectivity index is 2.53. The van der Waals surface area contributed by atoms with Crippen molar-refractivity contribution < 1.29 is 9.26 Å². The van der Waals surface area contributed by atoms with Crippen LogP contribution in [-0.4, -0.2) is 30.9 Å². The predicted molar refractivity (Wildman–Crippen MR) is 78.3 cm³/mol. The van der Waals surface area contributed by atoms with E-state index in [2.05, 4.69) is 20.9 Å². The van der Waals surface area contributed by atoms with Gasteiger partial charge in [0.15, 0.2) is 0 Å². The van der Waals surface area contributed by atoms with Crippen LogP contribution in [0.5, 0.6) is 0 Å². The predicted octanol–water partition coefficient (Wildman–Crippen LogP) is 1.19. The molecule has 114 valence electrons. The Labute approximate surface area is 119 Å². The van der Waals surface area contributed by atoms with Crippen LogP contribution in [0.15, 0.2) is 9.52 Å². The molecule has 1 unspecified atom stereocenters. The van der Waals surface area contributed by atoms with Crippen LogP contribution >= 0.6 is 0 Å². The smallest absolute Gasteiger partial charge is 0.206 e. The number of hydrogen-bond donors (Lipinski definition) is 3. The Kier molecular flexibility index (Phi) is 7.03. The summed E-state index contributed by atoms with van der Waals surface area (Å²) < 4.78 is 10.4. The normalized spacial score (nSPS) is 13.3. The van der Waals surface area contributed by atoms with Gasteiger partial charge in [-0.3, -0.25) is 10.4 Å². The van der Waals surface area contributed by atoms with Gasteiger partial charge in [0.05, 0.1) is 11.7 Å². The SMILES string of the molecule is CCOCCCN=C(NN)NC(C)c1c(C)noc1C. The first-order valence-corrected chi connectivity index (χ1v) is 6.88. The molecule has 20 heavy (non-hydrogen) atoms. The molecule has 0 aliphatic carbocycles. The molecule has 1 heterocycles. The van der Waals surface area contributed by atoms with E-state index in [4.69, 9.17) is 15.1 Å². The summed E-state index contributed by atoms with van der Waals surface area (Å²) >= 11 is 0. The van der Waals surface area contributed by atoms with E-state index in [0.29, 0.717) is 19.1 Å². The fourth-order valence-corrected chi connectivity index (χ4v) is 2.02. The van der Waals surface area contributed by atoms with Gasteiger partial charge in [0.1, 0.15) is 5.76 Å². The van der Waals surface area contributed by atoms with E-state index in [9.17, 15) is 0 Å². The molecule has 4 N–H and O–H groups in total. The van der Waals surface area contributed by atoms with Crippen LogP contribution in [0.1, 0.15) is 43.3 Å². The average molecular weight is 283 g/mol. The van der Waals surface area contributed by atoms with E-state index in [-0.39, 0.29) is 6.04 Å². The second-order valence-electron chi connectivity index (χ2n) is 4.53. The molecular weight excluding hydrogens is 258 g/mol. The molecule has 1 aromatic heterocycles. The molecule has 0 spiro atoms. The second kappa shape index (κ2) is 8.55. The summed E-state index contributed by atoms with van der Waals surface area (Å²) in [6.45, 7) is 9.88. The van der Waals surface area contributed by atoms with E-state index in [1.54, 1.807) is 0 Å². The Morgan fingerprint density at radius 2 is 2.25 bits per heavy atom. The Bertz CT molecular complexity index is 411. The number of ether oxygens (including phenoxy) is 1. The number of hydrogen-bond acceptors (Lipinski definition) is 5. The van der Waals surface area contributed by atoms with Crippen LogP contribution < -0.4 is 16.6 Å². The van der Waals surface area contributed by atoms with Gasteiger partial charge in [-0.2, -0.15) is 0 Å². The summed E-state index contributed by atoms with van der Waals surface area (Å²) in [5.74, 6) is 6.83. The molecule has 7 heteroatoms. The summed E-state index contributed by atoms with van der Waals surface area (Å²) in [7, 11) is 0. The molecule has 0 bridgehead atoms. The maximum atomic E-state index is 5.48. The number of aryl methyl sites for hydroxylation is 2. The summed E-state index contributed by atoms with van der Waals surface area (Å²) in [6.07, 6.45) is 0.862. The van der Waals surface area contributed by atoms with Gasteiger partial charge in [0.25, 0.3) is 0 Å². The van der Waals surface area contributed by atoms with Crippen LogP contribution in [-0.2, 0) is 4.74 Å². The first-order chi connectivity index (χ1) is 9.60. The lowest BCUT2D eigenvalue weighted by Gasteiger charge is -2.16. The monoisotopic (exact) mass is 283 g/mol. The first kappa shape index (κ1) is 16.5. The van der Waals surface area contributed by atoms with Gasteiger partial charge in [-0.1, -0.05) is 5.16 Å². The number of hydrazine groups is 1. The second-order valence-corrected chi connectivity index (χ2v) is 4.53. The van der Waals surface area contributed by atoms with Gasteiger partial charge in [-0.15, -0.1) is 0 Å². The van der Waals surface area contributed by atoms with Crippen LogP contribution in [0.4, 0.5) is 0 Å². The number of nitrogens with one attached hydrogen (secondary N) is 2. The maximum Gasteiger partial charge on any atom is 0.206 e. The summed E-state index contributed by atoms with van der Waals surface area (Å²) in [4.78, 5) is 4.36. The van der Waals surface area contributed by atoms with Gasteiger partial charge in [0.2, 0.25) is 5.96 Å². The van der Waals surface area contributed by atoms with Gasteiger partial charge in [-0.05, 0) is 34.1 Å². The number of guanidine groups is 1. The fraction of sp³-hybridized carbons (Fsp3) is 0.692. The van der Waals surface area contributed by atoms with Crippen LogP contribution in [0.2, 0.25) is 0 Å². The zero-order valence-electron chi connectivity index (χ0n) is 12.7. The molecule has 0 fully saturated rings. The third-order valence-electron chi connectivity index (χ3n) is 2.93. The van der Waals surface area contributed by atoms with E-state index < -0.39 is 0 Å². The van der Waals surface area contributed by atoms with Gasteiger partial charge in [-0.25, -0.2) is 5.84 Å². The molecule has 0 amide bonds. The largest absolute Gasteiger partial charge is 0.382 e. The molecule has 0 saturated heterocycles. The first-order valence-electron chi connectivity index (χ1n) is 6.88. The highest BCUT2D eigenvalue weighted by Crippen LogP contribution is 2.20. The molecule has 0 aliphatic heterocycles. The third-order valence-corrected chi connectivity index (χ3v) is 2.93. The lowest BCUT2D eigenvalue weighted by Crippen LogP contribution is -2.43. The highest BCUT2D eigenvalue weighted by atomic mass is 16.5. The minimum atomic E-state index is 0.0166. The van der Waals surface area contributed by atoms with Crippen molar-refractivity contribution in [1.29, 1.82) is 0 Å². The molecule has 1 atom stereocenters. The number of rotatable bonds is 7. The van der Waals surface area contributed by atoms with E-state index in [0.717, 1.165) is 30.0 Å². The van der Waals surface area contributed by atoms with Gasteiger partial charge in [0, 0.05) is 25.3 Å². The Hall–Kier alpha value is -1.60. The van der Waals surface area contributed by atoms with E-state index in [1.165, 1.54) is 0 Å². The summed E-state index contributed by atoms with van der Waals surface area (Å²) in [5, 5.41) is 7.16. The van der Waals surface area contributed by atoms with Crippen molar-refractivity contribution in [2.24, 2.45) is 10.8 Å². The van der Waals surface area contributed by atoms with Crippen molar-refractivity contribution in [2.75, 3.05) is 19.8 Å². The maximum absolute atomic E-state index is 5.48. The molecular formula is C13H25N5O2. The Morgan fingerprint density at radius 1 is 1.50 bits per heavy atom. The number of aromatic nitrogens is 1. The van der Waals surface area contributed by atoms with Crippen LogP contribution in [0.3, 0.4) is 0 Å². The van der Waals surface area contributed by atoms with Crippen molar-refractivity contribution >= 4 is 5.96 Å². The molecule has 7 nitrogen and oxygen atoms in total. The molecule has 0 radical (unpaired) electrons. The fourth-order valence-electron chi connectivity index (χ4n) is 2.02. The number of nitrogens with zero attached hydrogens (tertiary/aromatic N) is 2. The van der Waals surface area contributed by atoms with E-state index in [1.807, 2.05) is 27.7 Å². The molecule has 0 aliphatic rings. The molecule has 0 saturated carbocycles. The van der Waals surface area contributed by atoms with Crippen molar-refractivity contribution in [3.05, 3.63) is 17.0 Å². The van der Waals surface area contributed by atoms with Gasteiger partial charge >= 0.3 is 0 Å². The van der Waals surface area contributed by atoms with Crippen molar-refractivity contribution in [3.63, 3.8) is 0 Å². The molecule has 1 aromatic rings. The lowest BCUT2D eigenvalue weighted by atomic mass is 10.1. The minimum absolute atomic E-state index is 0.0166. The topological polar surface area (TPSA) is 97.7 Å². The highest BCUT2D eigenvalue weighted by molar-refractivity contribution is 5.79. The van der Waals surface area contributed by atoms with Crippen LogP contribution in [0.25, 0.3) is 0 Å². The third kappa shape index (κ3) is 4.82. The quantitative estimate of drug-likeness (QED) is 0.229. The van der Waals surface area contributed by atoms with E-state index >= 15 is 0 Å². The highest BCUT2D eigenvalue weighted by Gasteiger charge is 2.17. The summed E-state index contributed by atoms with van der Waals surface area (Å²) in [5.41, 5.74) is 4.47. The van der Waals surface area contributed by atoms with Crippen molar-refractivity contribution in [3.8, 4) is 0 Å². The minimum Gasteiger partial charge on any atom is -0.382 e. The molecule has 0 aromatic carbocycles. The molecule has 1 rings (SSSR count). The van der Waals surface area contributed by atoms with Crippen LogP contribution in [0, 0.1) is 13.8 Å². The zero-order chi connectivity index (χ0) is 15.0. The Morgan fingerprint density at radius 3 is 2.80 bits per heavy atom. The standard InChI is InChI=1S/C13H25N5O2/c1-5-19-8-6-7-15-13(17-14)16-9(2)12-10(3)18-20-11(12)4/h9H,5-8,14H2,1-4H3,(H2,15,16,17).